The third-order valence-corrected chi connectivity index (χ3v) is 3.27. The number of rotatable bonds is 4. The van der Waals surface area contributed by atoms with Crippen molar-refractivity contribution in [3.05, 3.63) is 47.5 Å². The highest BCUT2D eigenvalue weighted by atomic mass is 16.1. The summed E-state index contributed by atoms with van der Waals surface area (Å²) in [4.78, 5) is 12.0. The summed E-state index contributed by atoms with van der Waals surface area (Å²) in [5.41, 5.74) is 7.45. The normalized spacial score (nSPS) is 12.4. The molecule has 1 atom stereocenters. The van der Waals surface area contributed by atoms with Crippen LogP contribution in [0, 0.1) is 12.8 Å². The van der Waals surface area contributed by atoms with E-state index in [1.165, 1.54) is 5.56 Å². The fourth-order valence-electron chi connectivity index (χ4n) is 1.96. The summed E-state index contributed by atoms with van der Waals surface area (Å²) in [7, 11) is 0. The van der Waals surface area contributed by atoms with Gasteiger partial charge in [-0.1, -0.05) is 36.8 Å². The summed E-state index contributed by atoms with van der Waals surface area (Å²) in [6, 6.07) is 12.0. The Morgan fingerprint density at radius 3 is 2.63 bits per heavy atom. The minimum atomic E-state index is -0.0391. The summed E-state index contributed by atoms with van der Waals surface area (Å²) >= 11 is 0. The molecule has 0 saturated carbocycles. The Bertz CT molecular complexity index is 592. The van der Waals surface area contributed by atoms with Crippen LogP contribution in [0.5, 0.6) is 0 Å². The highest BCUT2D eigenvalue weighted by molar-refractivity contribution is 5.98. The highest BCUT2D eigenvalue weighted by Gasteiger charge is 2.07. The predicted octanol–water partition coefficient (Wildman–Crippen LogP) is 2.47. The summed E-state index contributed by atoms with van der Waals surface area (Å²) in [6.07, 6.45) is 0. The Morgan fingerprint density at radius 1 is 1.21 bits per heavy atom. The highest BCUT2D eigenvalue weighted by Crippen LogP contribution is 2.17. The molecule has 0 bridgehead atoms. The van der Waals surface area contributed by atoms with Crippen LogP contribution in [0.4, 0.5) is 0 Å². The van der Waals surface area contributed by atoms with Gasteiger partial charge in [0.25, 0.3) is 5.91 Å². The zero-order valence-electron chi connectivity index (χ0n) is 11.4. The number of nitrogens with one attached hydrogen (secondary N) is 1. The molecule has 3 N–H and O–H groups in total. The molecule has 2 rings (SSSR count). The van der Waals surface area contributed by atoms with E-state index in [2.05, 4.69) is 24.4 Å². The Morgan fingerprint density at radius 2 is 1.89 bits per heavy atom. The van der Waals surface area contributed by atoms with Crippen LogP contribution in [0.15, 0.2) is 36.4 Å². The molecule has 0 aliphatic carbocycles. The van der Waals surface area contributed by atoms with E-state index in [1.807, 2.05) is 31.2 Å². The molecule has 2 aromatic rings. The molecule has 0 heterocycles. The van der Waals surface area contributed by atoms with Crippen molar-refractivity contribution in [2.45, 2.75) is 13.8 Å². The lowest BCUT2D eigenvalue weighted by Gasteiger charge is -2.10. The SMILES string of the molecule is Cc1ccc2cc(C(=O)NCC(C)CN)ccc2c1. The lowest BCUT2D eigenvalue weighted by Crippen LogP contribution is -2.31. The maximum Gasteiger partial charge on any atom is 0.251 e. The molecule has 19 heavy (non-hydrogen) atoms. The number of nitrogens with two attached hydrogens (primary N) is 1. The monoisotopic (exact) mass is 256 g/mol. The van der Waals surface area contributed by atoms with E-state index in [1.54, 1.807) is 0 Å². The Hall–Kier alpha value is -1.87. The molecule has 0 radical (unpaired) electrons. The summed E-state index contributed by atoms with van der Waals surface area (Å²) in [5, 5.41) is 5.15. The molecule has 3 nitrogen and oxygen atoms in total. The average molecular weight is 256 g/mol. The van der Waals surface area contributed by atoms with E-state index in [4.69, 9.17) is 5.73 Å². The van der Waals surface area contributed by atoms with Gasteiger partial charge in [-0.3, -0.25) is 4.79 Å². The molecule has 1 amide bonds. The number of hydrogen-bond donors (Lipinski definition) is 2. The molecule has 0 aliphatic rings. The van der Waals surface area contributed by atoms with Crippen LogP contribution in [0.2, 0.25) is 0 Å². The second kappa shape index (κ2) is 5.85. The number of aryl methyl sites for hydroxylation is 1. The van der Waals surface area contributed by atoms with Crippen molar-refractivity contribution in [1.29, 1.82) is 0 Å². The van der Waals surface area contributed by atoms with Crippen LogP contribution >= 0.6 is 0 Å². The zero-order chi connectivity index (χ0) is 13.8. The van der Waals surface area contributed by atoms with Gasteiger partial charge >= 0.3 is 0 Å². The van der Waals surface area contributed by atoms with Gasteiger partial charge in [-0.05, 0) is 42.3 Å². The van der Waals surface area contributed by atoms with Crippen LogP contribution in [-0.2, 0) is 0 Å². The van der Waals surface area contributed by atoms with Crippen molar-refractivity contribution in [2.75, 3.05) is 13.1 Å². The van der Waals surface area contributed by atoms with Gasteiger partial charge in [-0.25, -0.2) is 0 Å². The number of hydrogen-bond acceptors (Lipinski definition) is 2. The standard InChI is InChI=1S/C16H20N2O/c1-11-3-4-14-8-15(6-5-13(14)7-11)16(19)18-10-12(2)9-17/h3-8,12H,9-10,17H2,1-2H3,(H,18,19). The van der Waals surface area contributed by atoms with E-state index in [0.29, 0.717) is 24.6 Å². The van der Waals surface area contributed by atoms with Crippen molar-refractivity contribution in [3.8, 4) is 0 Å². The summed E-state index contributed by atoms with van der Waals surface area (Å²) in [6.45, 7) is 5.27. The minimum Gasteiger partial charge on any atom is -0.352 e. The van der Waals surface area contributed by atoms with Crippen molar-refractivity contribution >= 4 is 16.7 Å². The maximum absolute atomic E-state index is 12.0. The molecule has 1 unspecified atom stereocenters. The minimum absolute atomic E-state index is 0.0391. The van der Waals surface area contributed by atoms with Crippen LogP contribution < -0.4 is 11.1 Å². The van der Waals surface area contributed by atoms with Gasteiger partial charge in [0.15, 0.2) is 0 Å². The van der Waals surface area contributed by atoms with Gasteiger partial charge in [0.05, 0.1) is 0 Å². The van der Waals surface area contributed by atoms with Crippen LogP contribution in [-0.4, -0.2) is 19.0 Å². The van der Waals surface area contributed by atoms with Gasteiger partial charge in [-0.2, -0.15) is 0 Å². The Labute approximate surface area is 113 Å². The smallest absolute Gasteiger partial charge is 0.251 e. The number of amides is 1. The molecular weight excluding hydrogens is 236 g/mol. The van der Waals surface area contributed by atoms with Gasteiger partial charge < -0.3 is 11.1 Å². The second-order valence-electron chi connectivity index (χ2n) is 5.12. The van der Waals surface area contributed by atoms with Crippen LogP contribution in [0.25, 0.3) is 10.8 Å². The first-order valence-corrected chi connectivity index (χ1v) is 6.59. The topological polar surface area (TPSA) is 55.1 Å². The fraction of sp³-hybridized carbons (Fsp3) is 0.312. The van der Waals surface area contributed by atoms with E-state index < -0.39 is 0 Å². The van der Waals surface area contributed by atoms with Crippen molar-refractivity contribution in [3.63, 3.8) is 0 Å². The van der Waals surface area contributed by atoms with E-state index >= 15 is 0 Å². The first-order valence-electron chi connectivity index (χ1n) is 6.59. The Balaban J connectivity index is 2.16. The molecule has 0 spiro atoms. The third kappa shape index (κ3) is 3.32. The predicted molar refractivity (Wildman–Crippen MR) is 79.2 cm³/mol. The fourth-order valence-corrected chi connectivity index (χ4v) is 1.96. The molecule has 0 fully saturated rings. The zero-order valence-corrected chi connectivity index (χ0v) is 11.4. The summed E-state index contributed by atoms with van der Waals surface area (Å²) in [5.74, 6) is 0.259. The van der Waals surface area contributed by atoms with Crippen molar-refractivity contribution in [1.82, 2.24) is 5.32 Å². The third-order valence-electron chi connectivity index (χ3n) is 3.27. The molecule has 3 heteroatoms. The van der Waals surface area contributed by atoms with E-state index in [-0.39, 0.29) is 5.91 Å². The second-order valence-corrected chi connectivity index (χ2v) is 5.12. The van der Waals surface area contributed by atoms with Gasteiger partial charge in [-0.15, -0.1) is 0 Å². The molecule has 0 aromatic heterocycles. The number of fused-ring (bicyclic) bond motifs is 1. The first kappa shape index (κ1) is 13.6. The lowest BCUT2D eigenvalue weighted by atomic mass is 10.0. The first-order chi connectivity index (χ1) is 9.10. The number of benzene rings is 2. The molecule has 0 saturated heterocycles. The number of carbonyl (C=O) groups is 1. The number of carbonyl (C=O) groups excluding carboxylic acids is 1. The Kier molecular flexibility index (Phi) is 4.17. The largest absolute Gasteiger partial charge is 0.352 e. The van der Waals surface area contributed by atoms with Crippen LogP contribution in [0.3, 0.4) is 0 Å². The molecule has 100 valence electrons. The van der Waals surface area contributed by atoms with Gasteiger partial charge in [0, 0.05) is 12.1 Å². The van der Waals surface area contributed by atoms with Crippen molar-refractivity contribution < 1.29 is 4.79 Å². The quantitative estimate of drug-likeness (QED) is 0.883. The molecular formula is C16H20N2O. The van der Waals surface area contributed by atoms with E-state index in [0.717, 1.165) is 10.8 Å². The lowest BCUT2D eigenvalue weighted by molar-refractivity contribution is 0.0948. The van der Waals surface area contributed by atoms with E-state index in [9.17, 15) is 4.79 Å². The van der Waals surface area contributed by atoms with Gasteiger partial charge in [0.1, 0.15) is 0 Å². The maximum atomic E-state index is 12.0. The average Bonchev–Trinajstić information content (AvgIpc) is 2.43. The van der Waals surface area contributed by atoms with Crippen LogP contribution in [0.1, 0.15) is 22.8 Å². The summed E-state index contributed by atoms with van der Waals surface area (Å²) < 4.78 is 0. The van der Waals surface area contributed by atoms with Gasteiger partial charge in [0.2, 0.25) is 0 Å². The van der Waals surface area contributed by atoms with Crippen molar-refractivity contribution in [2.24, 2.45) is 11.7 Å². The molecule has 2 aromatic carbocycles. The molecule has 0 aliphatic heterocycles.